The lowest BCUT2D eigenvalue weighted by Crippen LogP contribution is -2.43. The van der Waals surface area contributed by atoms with Crippen molar-refractivity contribution in [2.45, 2.75) is 24.0 Å². The number of anilines is 1. The summed E-state index contributed by atoms with van der Waals surface area (Å²) in [7, 11) is -3.55. The van der Waals surface area contributed by atoms with Gasteiger partial charge in [-0.1, -0.05) is 12.1 Å². The fourth-order valence-electron chi connectivity index (χ4n) is 3.28. The number of amides is 1. The molecule has 9 heteroatoms. The van der Waals surface area contributed by atoms with Crippen LogP contribution in [-0.2, 0) is 14.8 Å². The van der Waals surface area contributed by atoms with E-state index in [4.69, 9.17) is 0 Å². The smallest absolute Gasteiger partial charge is 0.252 e. The van der Waals surface area contributed by atoms with Crippen LogP contribution in [0.2, 0.25) is 0 Å². The first-order valence-corrected chi connectivity index (χ1v) is 11.0. The van der Waals surface area contributed by atoms with Gasteiger partial charge in [0.1, 0.15) is 4.21 Å². The number of rotatable bonds is 4. The van der Waals surface area contributed by atoms with Gasteiger partial charge in [-0.15, -0.1) is 11.3 Å². The first-order valence-electron chi connectivity index (χ1n) is 8.76. The summed E-state index contributed by atoms with van der Waals surface area (Å²) in [5.41, 5.74) is 1.61. The minimum atomic E-state index is -3.55. The summed E-state index contributed by atoms with van der Waals surface area (Å²) in [6.45, 7) is 2.50. The molecule has 1 aliphatic rings. The number of nitrogens with zero attached hydrogens (tertiary/aromatic N) is 2. The fourth-order valence-corrected chi connectivity index (χ4v) is 6.24. The molecule has 0 saturated carbocycles. The number of benzene rings is 1. The number of hydrogen-bond acceptors (Lipinski definition) is 5. The van der Waals surface area contributed by atoms with E-state index in [-0.39, 0.29) is 12.5 Å². The summed E-state index contributed by atoms with van der Waals surface area (Å²) in [6, 6.07) is 10.9. The molecule has 1 aliphatic heterocycles. The Morgan fingerprint density at radius 2 is 2.11 bits per heavy atom. The van der Waals surface area contributed by atoms with Crippen molar-refractivity contribution in [3.63, 3.8) is 0 Å². The second-order valence-electron chi connectivity index (χ2n) is 6.66. The van der Waals surface area contributed by atoms with E-state index < -0.39 is 15.9 Å². The van der Waals surface area contributed by atoms with E-state index in [2.05, 4.69) is 15.3 Å². The van der Waals surface area contributed by atoms with Gasteiger partial charge in [-0.2, -0.15) is 4.31 Å². The number of thiophene rings is 1. The van der Waals surface area contributed by atoms with Crippen LogP contribution in [0.4, 0.5) is 5.95 Å². The van der Waals surface area contributed by atoms with Gasteiger partial charge in [0.2, 0.25) is 11.9 Å². The van der Waals surface area contributed by atoms with Crippen LogP contribution in [0.5, 0.6) is 0 Å². The van der Waals surface area contributed by atoms with Gasteiger partial charge in [0.05, 0.1) is 17.0 Å². The molecule has 4 rings (SSSR count). The van der Waals surface area contributed by atoms with Crippen LogP contribution in [0, 0.1) is 12.8 Å². The van der Waals surface area contributed by atoms with Crippen LogP contribution in [0.3, 0.4) is 0 Å². The quantitative estimate of drug-likeness (QED) is 0.699. The molecule has 0 aliphatic carbocycles. The third-order valence-electron chi connectivity index (χ3n) is 4.70. The highest BCUT2D eigenvalue weighted by Gasteiger charge is 2.34. The third-order valence-corrected chi connectivity index (χ3v) is 8.03. The highest BCUT2D eigenvalue weighted by molar-refractivity contribution is 7.91. The molecule has 2 aromatic heterocycles. The van der Waals surface area contributed by atoms with Crippen molar-refractivity contribution in [1.82, 2.24) is 14.3 Å². The van der Waals surface area contributed by atoms with E-state index in [1.807, 2.05) is 31.2 Å². The normalized spacial score (nSPS) is 18.6. The average molecular weight is 405 g/mol. The number of piperidine rings is 1. The summed E-state index contributed by atoms with van der Waals surface area (Å²) in [5.74, 6) is -0.228. The number of aryl methyl sites for hydroxylation is 1. The number of para-hydroxylation sites is 2. The number of aromatic amines is 1. The molecule has 0 spiro atoms. The molecule has 3 aromatic rings. The molecule has 1 fully saturated rings. The first-order chi connectivity index (χ1) is 12.9. The second kappa shape index (κ2) is 7.06. The van der Waals surface area contributed by atoms with E-state index in [1.54, 1.807) is 12.1 Å². The Hall–Kier alpha value is -2.23. The van der Waals surface area contributed by atoms with E-state index >= 15 is 0 Å². The van der Waals surface area contributed by atoms with Crippen molar-refractivity contribution in [3.05, 3.63) is 41.3 Å². The number of fused-ring (bicyclic) bond motifs is 1. The fraction of sp³-hybridized carbons (Fsp3) is 0.333. The van der Waals surface area contributed by atoms with Crippen LogP contribution in [0.1, 0.15) is 17.7 Å². The van der Waals surface area contributed by atoms with Crippen molar-refractivity contribution in [2.24, 2.45) is 5.92 Å². The zero-order chi connectivity index (χ0) is 19.0. The van der Waals surface area contributed by atoms with Crippen molar-refractivity contribution in [1.29, 1.82) is 0 Å². The zero-order valence-corrected chi connectivity index (χ0v) is 16.4. The van der Waals surface area contributed by atoms with Gasteiger partial charge in [-0.05, 0) is 44.0 Å². The van der Waals surface area contributed by atoms with Crippen LogP contribution < -0.4 is 5.32 Å². The van der Waals surface area contributed by atoms with Crippen LogP contribution in [-0.4, -0.2) is 41.7 Å². The summed E-state index contributed by atoms with van der Waals surface area (Å²) in [5, 5.41) is 2.79. The Morgan fingerprint density at radius 3 is 2.85 bits per heavy atom. The largest absolute Gasteiger partial charge is 0.324 e. The number of aromatic nitrogens is 2. The highest BCUT2D eigenvalue weighted by atomic mass is 32.2. The van der Waals surface area contributed by atoms with Crippen LogP contribution in [0.15, 0.2) is 40.6 Å². The van der Waals surface area contributed by atoms with Crippen molar-refractivity contribution < 1.29 is 13.2 Å². The van der Waals surface area contributed by atoms with E-state index in [1.165, 1.54) is 15.6 Å². The minimum Gasteiger partial charge on any atom is -0.324 e. The number of H-pyrrole nitrogens is 1. The Balaban J connectivity index is 1.48. The summed E-state index contributed by atoms with van der Waals surface area (Å²) in [4.78, 5) is 21.0. The van der Waals surface area contributed by atoms with Gasteiger partial charge < -0.3 is 4.98 Å². The first kappa shape index (κ1) is 18.1. The van der Waals surface area contributed by atoms with Gasteiger partial charge >= 0.3 is 0 Å². The van der Waals surface area contributed by atoms with E-state index in [0.717, 1.165) is 15.9 Å². The molecule has 142 valence electrons. The number of nitrogens with one attached hydrogen (secondary N) is 2. The van der Waals surface area contributed by atoms with Crippen molar-refractivity contribution in [3.8, 4) is 0 Å². The van der Waals surface area contributed by atoms with Gasteiger partial charge in [0, 0.05) is 18.0 Å². The van der Waals surface area contributed by atoms with Gasteiger partial charge in [0.15, 0.2) is 0 Å². The summed E-state index contributed by atoms with van der Waals surface area (Å²) in [6.07, 6.45) is 1.31. The van der Waals surface area contributed by atoms with Crippen molar-refractivity contribution in [2.75, 3.05) is 18.4 Å². The predicted octanol–water partition coefficient (Wildman–Crippen LogP) is 2.97. The molecule has 7 nitrogen and oxygen atoms in total. The molecule has 1 atom stereocenters. The lowest BCUT2D eigenvalue weighted by molar-refractivity contribution is -0.120. The molecule has 27 heavy (non-hydrogen) atoms. The molecular formula is C18H20N4O3S2. The molecule has 0 radical (unpaired) electrons. The Kier molecular flexibility index (Phi) is 4.75. The maximum atomic E-state index is 12.8. The molecule has 3 heterocycles. The lowest BCUT2D eigenvalue weighted by Gasteiger charge is -2.30. The monoisotopic (exact) mass is 404 g/mol. The number of carbonyl (C=O) groups is 1. The average Bonchev–Trinajstić information content (AvgIpc) is 3.27. The van der Waals surface area contributed by atoms with Crippen LogP contribution >= 0.6 is 11.3 Å². The van der Waals surface area contributed by atoms with E-state index in [0.29, 0.717) is 29.5 Å². The molecule has 1 saturated heterocycles. The Bertz CT molecular complexity index is 1050. The summed E-state index contributed by atoms with van der Waals surface area (Å²) >= 11 is 1.26. The van der Waals surface area contributed by atoms with Gasteiger partial charge in [-0.25, -0.2) is 13.4 Å². The molecular weight excluding hydrogens is 384 g/mol. The van der Waals surface area contributed by atoms with Crippen LogP contribution in [0.25, 0.3) is 11.0 Å². The number of carbonyl (C=O) groups excluding carboxylic acids is 1. The standard InChI is InChI=1S/C18H20N4O3S2/c1-12-8-9-16(26-12)27(24,25)22-10-4-5-13(11-22)17(23)21-18-19-14-6-2-3-7-15(14)20-18/h2-3,6-9,13H,4-5,10-11H2,1H3,(H2,19,20,21,23). The van der Waals surface area contributed by atoms with Gasteiger partial charge in [0.25, 0.3) is 10.0 Å². The maximum Gasteiger partial charge on any atom is 0.252 e. The molecule has 2 N–H and O–H groups in total. The third kappa shape index (κ3) is 3.62. The molecule has 0 bridgehead atoms. The molecule has 1 aromatic carbocycles. The summed E-state index contributed by atoms with van der Waals surface area (Å²) < 4.78 is 27.4. The maximum absolute atomic E-state index is 12.8. The topological polar surface area (TPSA) is 95.2 Å². The zero-order valence-electron chi connectivity index (χ0n) is 14.8. The van der Waals surface area contributed by atoms with Crippen molar-refractivity contribution >= 4 is 44.2 Å². The number of sulfonamides is 1. The minimum absolute atomic E-state index is 0.186. The number of hydrogen-bond donors (Lipinski definition) is 2. The Labute approximate surface area is 161 Å². The molecule has 1 unspecified atom stereocenters. The van der Waals surface area contributed by atoms with E-state index in [9.17, 15) is 13.2 Å². The molecule has 1 amide bonds. The lowest BCUT2D eigenvalue weighted by atomic mass is 9.99. The Morgan fingerprint density at radius 1 is 1.30 bits per heavy atom. The SMILES string of the molecule is Cc1ccc(S(=O)(=O)N2CCCC(C(=O)Nc3nc4ccccc4[nH]3)C2)s1. The second-order valence-corrected chi connectivity index (χ2v) is 10.1. The van der Waals surface area contributed by atoms with Gasteiger partial charge in [-0.3, -0.25) is 10.1 Å². The number of imidazole rings is 1. The highest BCUT2D eigenvalue weighted by Crippen LogP contribution is 2.28. The predicted molar refractivity (Wildman–Crippen MR) is 105 cm³/mol.